The summed E-state index contributed by atoms with van der Waals surface area (Å²) in [6, 6.07) is 49.2. The van der Waals surface area contributed by atoms with E-state index in [4.69, 9.17) is 35.5 Å². The molecule has 4 aliphatic heterocycles. The first-order valence-corrected chi connectivity index (χ1v) is 44.5. The number of Topliss-reactive ketones (excluding diaryl/α,β-unsaturated/α-hetero) is 4. The normalized spacial score (nSPS) is 14.6. The van der Waals surface area contributed by atoms with Crippen LogP contribution in [0.4, 0.5) is 11.4 Å². The number of aromatic nitrogens is 6. The summed E-state index contributed by atoms with van der Waals surface area (Å²) in [6.07, 6.45) is 18.9. The van der Waals surface area contributed by atoms with Crippen molar-refractivity contribution in [2.24, 2.45) is 5.73 Å². The molecule has 0 aliphatic carbocycles. The molecular weight excluding hydrogens is 1590 g/mol. The summed E-state index contributed by atoms with van der Waals surface area (Å²) in [5.41, 5.74) is 23.3. The SMILES string of the molecule is Cc1c(C(=O)CN2CCCCC2)c2ccccc2n1-c1ccc(C(N)=O)cc1.O=C(CN1CCCCC1)c1cn(-c2ccc(Cl)cc2)c2cc(CO)ccc12.[C-]#[N+]c1ccc(-n2c(C)c(C(=O)CN3CCCCC3)c3nc(CCC(=O)N(CC)CC)ccc32)cc1.[C-]#[N+]c1ccc(-n2c(C)c(C(=O)CN3CCCCC3)c3ncc(CC(=O)NC(C)C)cc32)cc1. The lowest BCUT2D eigenvalue weighted by molar-refractivity contribution is -0.130. The van der Waals surface area contributed by atoms with Crippen molar-refractivity contribution in [2.45, 2.75) is 157 Å². The maximum atomic E-state index is 13.6. The molecule has 0 saturated carbocycles. The third-order valence-corrected chi connectivity index (χ3v) is 24.5. The number of hydrogen-bond donors (Lipinski definition) is 3. The predicted octanol–water partition coefficient (Wildman–Crippen LogP) is 18.1. The quantitative estimate of drug-likeness (QED) is 0.0337. The minimum atomic E-state index is -0.446. The number of aliphatic hydroxyl groups is 1. The Morgan fingerprint density at radius 1 is 0.504 bits per heavy atom. The Morgan fingerprint density at radius 2 is 0.960 bits per heavy atom. The summed E-state index contributed by atoms with van der Waals surface area (Å²) in [4.78, 5) is 117. The monoisotopic (exact) mass is 1700 g/mol. The van der Waals surface area contributed by atoms with Crippen LogP contribution in [0.2, 0.25) is 5.02 Å². The van der Waals surface area contributed by atoms with Crippen LogP contribution in [0.3, 0.4) is 0 Å². The number of amides is 3. The Kier molecular flexibility index (Phi) is 30.9. The highest BCUT2D eigenvalue weighted by atomic mass is 35.5. The molecule has 10 heterocycles. The molecule has 0 bridgehead atoms. The summed E-state index contributed by atoms with van der Waals surface area (Å²) in [5.74, 6) is 0.0803. The Balaban J connectivity index is 0.000000144. The first-order chi connectivity index (χ1) is 60.5. The standard InChI is InChI=1S/C29H35N5O2.C27H31N5O2.C23H25N3O2.C22H23ClN2O2/c1-5-33(6-2)27(36)17-13-23-12-16-25-29(31-23)28(26(35)20-32-18-8-7-9-19-32)21(3)34(25)24-14-10-22(30-4)11-15-24;1-18(2)30-25(34)15-20-14-23-27(29-16-20)26(24(33)17-31-12-6-5-7-13-31)19(3)32(23)22-10-8-21(28-4)9-11-22;1-16-22(21(27)15-25-13-5-2-6-14-25)19-7-3-4-8-20(19)26(16)18-11-9-17(10-12-18)23(24)28;23-17-5-7-18(8-6-17)25-13-20(19-9-4-16(15-26)12-21(19)25)22(27)14-24-10-2-1-3-11-24/h10-12,14-16H,5-9,13,17-20H2,1-3H3;8-11,14,16,18H,5-7,12-13,15,17H2,1-3H3,(H,30,34);3-4,7-12H,2,5-6,13-15H2,1H3,(H2,24,28);4-9,12-13,26H,1-3,10-11,14-15H2. The molecule has 4 saturated heterocycles. The number of pyridine rings is 2. The van der Waals surface area contributed by atoms with E-state index in [0.717, 1.165) is 179 Å². The number of ketones is 4. The Labute approximate surface area is 737 Å². The number of halogens is 1. The van der Waals surface area contributed by atoms with Gasteiger partial charge in [0.25, 0.3) is 0 Å². The van der Waals surface area contributed by atoms with Crippen molar-refractivity contribution in [3.63, 3.8) is 0 Å². The molecule has 648 valence electrons. The van der Waals surface area contributed by atoms with Gasteiger partial charge in [-0.1, -0.05) is 91.9 Å². The second-order valence-electron chi connectivity index (χ2n) is 33.4. The number of fused-ring (bicyclic) bond motifs is 4. The molecule has 125 heavy (non-hydrogen) atoms. The third-order valence-electron chi connectivity index (χ3n) is 24.3. The number of rotatable bonds is 26. The number of nitrogens with two attached hydrogens (primary N) is 1. The van der Waals surface area contributed by atoms with Crippen molar-refractivity contribution in [2.75, 3.05) is 91.6 Å². The van der Waals surface area contributed by atoms with Crippen LogP contribution in [0.1, 0.15) is 197 Å². The molecule has 0 unspecified atom stereocenters. The van der Waals surface area contributed by atoms with E-state index in [2.05, 4.69) is 48.7 Å². The molecule has 24 heteroatoms. The number of aryl methyl sites for hydroxylation is 1. The second kappa shape index (κ2) is 42.6. The van der Waals surface area contributed by atoms with E-state index in [1.54, 1.807) is 42.6 Å². The van der Waals surface area contributed by atoms with Crippen LogP contribution in [0.5, 0.6) is 0 Å². The van der Waals surface area contributed by atoms with Gasteiger partial charge in [-0.25, -0.2) is 9.69 Å². The van der Waals surface area contributed by atoms with Crippen LogP contribution in [-0.4, -0.2) is 196 Å². The van der Waals surface area contributed by atoms with Crippen LogP contribution >= 0.6 is 11.6 Å². The fraction of sp³-hybridized carbons (Fsp3) is 0.376. The molecule has 6 aromatic carbocycles. The van der Waals surface area contributed by atoms with Gasteiger partial charge in [-0.3, -0.25) is 63.1 Å². The average Bonchev–Trinajstić information content (AvgIpc) is 1.62. The largest absolute Gasteiger partial charge is 0.392 e. The highest BCUT2D eigenvalue weighted by Crippen LogP contribution is 2.36. The summed E-state index contributed by atoms with van der Waals surface area (Å²) < 4.78 is 8.17. The van der Waals surface area contributed by atoms with Crippen molar-refractivity contribution in [3.8, 4) is 22.7 Å². The summed E-state index contributed by atoms with van der Waals surface area (Å²) >= 11 is 6.03. The lowest BCUT2D eigenvalue weighted by Crippen LogP contribution is -2.34. The highest BCUT2D eigenvalue weighted by molar-refractivity contribution is 6.30. The van der Waals surface area contributed by atoms with Gasteiger partial charge < -0.3 is 39.3 Å². The Morgan fingerprint density at radius 3 is 1.46 bits per heavy atom. The number of hydrogen-bond acceptors (Lipinski definition) is 14. The molecule has 23 nitrogen and oxygen atoms in total. The van der Waals surface area contributed by atoms with E-state index in [1.165, 1.54) is 51.4 Å². The third kappa shape index (κ3) is 21.8. The van der Waals surface area contributed by atoms with Crippen LogP contribution < -0.4 is 11.1 Å². The topological polar surface area (TPSA) is 248 Å². The zero-order valence-corrected chi connectivity index (χ0v) is 73.8. The summed E-state index contributed by atoms with van der Waals surface area (Å²) in [6.45, 7) is 39.1. The number of nitrogens with zero attached hydrogens (tertiary/aromatic N) is 13. The van der Waals surface area contributed by atoms with Gasteiger partial charge in [0, 0.05) is 116 Å². The van der Waals surface area contributed by atoms with Crippen molar-refractivity contribution < 1.29 is 38.7 Å². The Hall–Kier alpha value is -12.1. The number of aliphatic hydroxyl groups excluding tert-OH is 1. The smallest absolute Gasteiger partial charge is 0.248 e. The number of carbonyl (C=O) groups excluding carboxylic acids is 7. The lowest BCUT2D eigenvalue weighted by Gasteiger charge is -2.25. The average molecular weight is 1700 g/mol. The van der Waals surface area contributed by atoms with E-state index < -0.39 is 5.91 Å². The van der Waals surface area contributed by atoms with E-state index in [1.807, 2.05) is 190 Å². The first-order valence-electron chi connectivity index (χ1n) is 44.1. The first kappa shape index (κ1) is 90.7. The van der Waals surface area contributed by atoms with Crippen LogP contribution in [-0.2, 0) is 29.0 Å². The zero-order valence-electron chi connectivity index (χ0n) is 73.0. The number of likely N-dealkylation sites (tertiary alicyclic amines) is 4. The maximum absolute atomic E-state index is 13.6. The van der Waals surface area contributed by atoms with Gasteiger partial charge >= 0.3 is 0 Å². The number of benzene rings is 6. The van der Waals surface area contributed by atoms with Crippen molar-refractivity contribution in [1.82, 2.24) is 58.1 Å². The highest BCUT2D eigenvalue weighted by Gasteiger charge is 2.30. The van der Waals surface area contributed by atoms with Gasteiger partial charge in [0.2, 0.25) is 17.7 Å². The van der Waals surface area contributed by atoms with Crippen LogP contribution in [0, 0.1) is 33.9 Å². The van der Waals surface area contributed by atoms with Crippen molar-refractivity contribution >= 4 is 108 Å². The maximum Gasteiger partial charge on any atom is 0.248 e. The number of piperidine rings is 4. The zero-order chi connectivity index (χ0) is 88.4. The van der Waals surface area contributed by atoms with E-state index in [0.29, 0.717) is 96.2 Å². The molecular formula is C101H114ClN15O8. The van der Waals surface area contributed by atoms with Crippen LogP contribution in [0.15, 0.2) is 170 Å². The second-order valence-corrected chi connectivity index (χ2v) is 33.8. The molecule has 4 fully saturated rings. The van der Waals surface area contributed by atoms with Crippen LogP contribution in [0.25, 0.3) is 76.3 Å². The van der Waals surface area contributed by atoms with Gasteiger partial charge in [0.05, 0.1) is 96.6 Å². The Bertz CT molecular complexity index is 5960. The predicted molar refractivity (Wildman–Crippen MR) is 497 cm³/mol. The molecule has 6 aromatic heterocycles. The van der Waals surface area contributed by atoms with E-state index >= 15 is 0 Å². The van der Waals surface area contributed by atoms with Gasteiger partial charge in [-0.15, -0.1) is 0 Å². The van der Waals surface area contributed by atoms with Crippen molar-refractivity contribution in [1.29, 1.82) is 0 Å². The summed E-state index contributed by atoms with van der Waals surface area (Å²) in [7, 11) is 0. The molecule has 0 radical (unpaired) electrons. The van der Waals surface area contributed by atoms with E-state index in [-0.39, 0.29) is 54.0 Å². The van der Waals surface area contributed by atoms with E-state index in [9.17, 15) is 38.7 Å². The molecule has 4 N–H and O–H groups in total. The molecule has 0 atom stereocenters. The van der Waals surface area contributed by atoms with Gasteiger partial charge in [-0.05, 0) is 273 Å². The number of para-hydroxylation sites is 1. The molecule has 3 amide bonds. The molecule has 12 aromatic rings. The fourth-order valence-electron chi connectivity index (χ4n) is 17.9. The number of carbonyl (C=O) groups is 7. The van der Waals surface area contributed by atoms with Gasteiger partial charge in [0.15, 0.2) is 34.5 Å². The molecule has 0 spiro atoms. The van der Waals surface area contributed by atoms with Gasteiger partial charge in [0.1, 0.15) is 0 Å². The minimum absolute atomic E-state index is 0.0290. The molecule has 4 aliphatic rings. The van der Waals surface area contributed by atoms with Crippen molar-refractivity contribution in [3.05, 3.63) is 260 Å². The number of nitrogens with one attached hydrogen (secondary N) is 1. The summed E-state index contributed by atoms with van der Waals surface area (Å²) in [5, 5.41) is 15.0. The minimum Gasteiger partial charge on any atom is -0.392 e. The van der Waals surface area contributed by atoms with Gasteiger partial charge in [-0.2, -0.15) is 0 Å². The number of primary amides is 1. The fourth-order valence-corrected chi connectivity index (χ4v) is 18.1. The lowest BCUT2D eigenvalue weighted by atomic mass is 10.0. The molecule has 16 rings (SSSR count).